The number of rotatable bonds is 5. The standard InChI is InChI=1S/C14H19NO3S/c1-18-14(17)7-6-13(16)15-8-10-9-19-12-5-3-2-4-11(10)12/h9H,2-8H2,1H3,(H,15,16). The van der Waals surface area contributed by atoms with Crippen LogP contribution in [0.4, 0.5) is 0 Å². The van der Waals surface area contributed by atoms with Gasteiger partial charge in [-0.05, 0) is 42.2 Å². The molecule has 0 saturated heterocycles. The van der Waals surface area contributed by atoms with Crippen molar-refractivity contribution in [2.75, 3.05) is 7.11 Å². The van der Waals surface area contributed by atoms with Gasteiger partial charge in [-0.2, -0.15) is 0 Å². The van der Waals surface area contributed by atoms with Gasteiger partial charge in [-0.25, -0.2) is 0 Å². The van der Waals surface area contributed by atoms with Gasteiger partial charge < -0.3 is 10.1 Å². The van der Waals surface area contributed by atoms with Crippen molar-refractivity contribution in [3.8, 4) is 0 Å². The fourth-order valence-corrected chi connectivity index (χ4v) is 3.46. The monoisotopic (exact) mass is 281 g/mol. The normalized spacial score (nSPS) is 13.7. The van der Waals surface area contributed by atoms with Gasteiger partial charge in [0, 0.05) is 17.8 Å². The van der Waals surface area contributed by atoms with Gasteiger partial charge in [-0.1, -0.05) is 0 Å². The van der Waals surface area contributed by atoms with Gasteiger partial charge in [0.15, 0.2) is 0 Å². The van der Waals surface area contributed by atoms with Gasteiger partial charge in [-0.15, -0.1) is 11.3 Å². The van der Waals surface area contributed by atoms with E-state index in [-0.39, 0.29) is 24.7 Å². The molecule has 1 aromatic rings. The fourth-order valence-electron chi connectivity index (χ4n) is 2.31. The molecule has 1 aromatic heterocycles. The van der Waals surface area contributed by atoms with Crippen molar-refractivity contribution in [2.45, 2.75) is 45.1 Å². The Labute approximate surface area is 117 Å². The van der Waals surface area contributed by atoms with Gasteiger partial charge >= 0.3 is 5.97 Å². The molecule has 1 aliphatic rings. The van der Waals surface area contributed by atoms with Crippen molar-refractivity contribution in [1.82, 2.24) is 5.32 Å². The van der Waals surface area contributed by atoms with E-state index in [1.807, 2.05) is 0 Å². The van der Waals surface area contributed by atoms with Crippen LogP contribution >= 0.6 is 11.3 Å². The van der Waals surface area contributed by atoms with Gasteiger partial charge in [0.25, 0.3) is 0 Å². The molecule has 5 heteroatoms. The molecular weight excluding hydrogens is 262 g/mol. The van der Waals surface area contributed by atoms with Crippen LogP contribution in [0.25, 0.3) is 0 Å². The Bertz CT molecular complexity index is 467. The van der Waals surface area contributed by atoms with Crippen molar-refractivity contribution in [2.24, 2.45) is 0 Å². The summed E-state index contributed by atoms with van der Waals surface area (Å²) >= 11 is 1.80. The van der Waals surface area contributed by atoms with Gasteiger partial charge in [0.05, 0.1) is 13.5 Å². The summed E-state index contributed by atoms with van der Waals surface area (Å²) in [5.41, 5.74) is 2.68. The molecule has 0 aromatic carbocycles. The highest BCUT2D eigenvalue weighted by Crippen LogP contribution is 2.30. The third-order valence-corrected chi connectivity index (χ3v) is 4.55. The van der Waals surface area contributed by atoms with Crippen LogP contribution in [0.3, 0.4) is 0 Å². The Hall–Kier alpha value is -1.36. The van der Waals surface area contributed by atoms with Crippen molar-refractivity contribution < 1.29 is 14.3 Å². The number of fused-ring (bicyclic) bond motifs is 1. The Morgan fingerprint density at radius 2 is 2.11 bits per heavy atom. The zero-order chi connectivity index (χ0) is 13.7. The minimum atomic E-state index is -0.344. The first-order valence-electron chi connectivity index (χ1n) is 6.62. The summed E-state index contributed by atoms with van der Waals surface area (Å²) in [5, 5.41) is 5.02. The van der Waals surface area contributed by atoms with E-state index in [0.29, 0.717) is 6.54 Å². The van der Waals surface area contributed by atoms with Crippen molar-refractivity contribution in [1.29, 1.82) is 0 Å². The average Bonchev–Trinajstić information content (AvgIpc) is 2.85. The Balaban J connectivity index is 1.80. The van der Waals surface area contributed by atoms with Gasteiger partial charge in [0.1, 0.15) is 0 Å². The number of methoxy groups -OCH3 is 1. The molecule has 0 radical (unpaired) electrons. The first kappa shape index (κ1) is 14.1. The molecule has 0 bridgehead atoms. The average molecular weight is 281 g/mol. The first-order chi connectivity index (χ1) is 9.20. The summed E-state index contributed by atoms with van der Waals surface area (Å²) in [7, 11) is 1.33. The van der Waals surface area contributed by atoms with Gasteiger partial charge in [-0.3, -0.25) is 9.59 Å². The first-order valence-corrected chi connectivity index (χ1v) is 7.50. The molecule has 0 fully saturated rings. The highest BCUT2D eigenvalue weighted by Gasteiger charge is 2.16. The van der Waals surface area contributed by atoms with E-state index < -0.39 is 0 Å². The highest BCUT2D eigenvalue weighted by molar-refractivity contribution is 7.10. The third kappa shape index (κ3) is 3.80. The maximum atomic E-state index is 11.6. The number of thiophene rings is 1. The summed E-state index contributed by atoms with van der Waals surface area (Å²) in [5.74, 6) is -0.441. The van der Waals surface area contributed by atoms with Crippen LogP contribution in [0, 0.1) is 0 Å². The molecule has 1 N–H and O–H groups in total. The van der Waals surface area contributed by atoms with Crippen molar-refractivity contribution in [3.05, 3.63) is 21.4 Å². The number of carbonyl (C=O) groups is 2. The number of aryl methyl sites for hydroxylation is 1. The lowest BCUT2D eigenvalue weighted by atomic mass is 9.96. The Morgan fingerprint density at radius 1 is 1.32 bits per heavy atom. The molecule has 1 aliphatic carbocycles. The zero-order valence-corrected chi connectivity index (χ0v) is 12.0. The largest absolute Gasteiger partial charge is 0.469 e. The number of esters is 1. The molecule has 4 nitrogen and oxygen atoms in total. The van der Waals surface area contributed by atoms with Crippen LogP contribution in [-0.2, 0) is 33.7 Å². The summed E-state index contributed by atoms with van der Waals surface area (Å²) in [4.78, 5) is 24.0. The molecule has 0 unspecified atom stereocenters. The summed E-state index contributed by atoms with van der Waals surface area (Å²) < 4.78 is 4.51. The van der Waals surface area contributed by atoms with E-state index in [1.165, 1.54) is 42.4 Å². The molecule has 0 aliphatic heterocycles. The maximum Gasteiger partial charge on any atom is 0.306 e. The summed E-state index contributed by atoms with van der Waals surface area (Å²) in [6, 6.07) is 0. The summed E-state index contributed by atoms with van der Waals surface area (Å²) in [6.45, 7) is 0.575. The lowest BCUT2D eigenvalue weighted by Gasteiger charge is -2.13. The smallest absolute Gasteiger partial charge is 0.306 e. The molecule has 0 atom stereocenters. The zero-order valence-electron chi connectivity index (χ0n) is 11.2. The SMILES string of the molecule is COC(=O)CCC(=O)NCc1csc2c1CCCC2. The lowest BCUT2D eigenvalue weighted by Crippen LogP contribution is -2.24. The maximum absolute atomic E-state index is 11.6. The van der Waals surface area contributed by atoms with Crippen molar-refractivity contribution >= 4 is 23.2 Å². The van der Waals surface area contributed by atoms with E-state index in [9.17, 15) is 9.59 Å². The predicted octanol–water partition coefficient (Wildman–Crippen LogP) is 2.20. The Kier molecular flexibility index (Phi) is 4.96. The van der Waals surface area contributed by atoms with E-state index in [2.05, 4.69) is 15.4 Å². The van der Waals surface area contributed by atoms with Crippen LogP contribution < -0.4 is 5.32 Å². The predicted molar refractivity (Wildman–Crippen MR) is 74.1 cm³/mol. The number of hydrogen-bond donors (Lipinski definition) is 1. The topological polar surface area (TPSA) is 55.4 Å². The molecule has 2 rings (SSSR count). The van der Waals surface area contributed by atoms with E-state index in [0.717, 1.165) is 6.42 Å². The van der Waals surface area contributed by atoms with Crippen LogP contribution in [0.15, 0.2) is 5.38 Å². The number of amides is 1. The Morgan fingerprint density at radius 3 is 2.89 bits per heavy atom. The van der Waals surface area contributed by atoms with Crippen LogP contribution in [0.5, 0.6) is 0 Å². The number of carbonyl (C=O) groups excluding carboxylic acids is 2. The minimum absolute atomic E-state index is 0.0961. The van der Waals surface area contributed by atoms with Crippen molar-refractivity contribution in [3.63, 3.8) is 0 Å². The highest BCUT2D eigenvalue weighted by atomic mass is 32.1. The van der Waals surface area contributed by atoms with Crippen LogP contribution in [0.1, 0.15) is 41.7 Å². The second-order valence-corrected chi connectivity index (χ2v) is 5.69. The molecule has 104 valence electrons. The van der Waals surface area contributed by atoms with Crippen LogP contribution in [-0.4, -0.2) is 19.0 Å². The van der Waals surface area contributed by atoms with E-state index in [4.69, 9.17) is 0 Å². The third-order valence-electron chi connectivity index (χ3n) is 3.41. The number of nitrogens with one attached hydrogen (secondary N) is 1. The minimum Gasteiger partial charge on any atom is -0.469 e. The molecule has 1 heterocycles. The van der Waals surface area contributed by atoms with E-state index in [1.54, 1.807) is 11.3 Å². The molecule has 0 saturated carbocycles. The van der Waals surface area contributed by atoms with Crippen LogP contribution in [0.2, 0.25) is 0 Å². The molecular formula is C14H19NO3S. The quantitative estimate of drug-likeness (QED) is 0.842. The second kappa shape index (κ2) is 6.70. The number of ether oxygens (including phenoxy) is 1. The fraction of sp³-hybridized carbons (Fsp3) is 0.571. The molecule has 0 spiro atoms. The van der Waals surface area contributed by atoms with E-state index >= 15 is 0 Å². The number of hydrogen-bond acceptors (Lipinski definition) is 4. The molecule has 19 heavy (non-hydrogen) atoms. The van der Waals surface area contributed by atoms with Gasteiger partial charge in [0.2, 0.25) is 5.91 Å². The second-order valence-electron chi connectivity index (χ2n) is 4.72. The summed E-state index contributed by atoms with van der Waals surface area (Å²) in [6.07, 6.45) is 5.16. The molecule has 1 amide bonds. The lowest BCUT2D eigenvalue weighted by molar-refractivity contribution is -0.142.